The SMILES string of the molecule is S.[Cu].[InH3].[SeH2]. The van der Waals surface area contributed by atoms with Gasteiger partial charge >= 0.3 is 42.9 Å². The van der Waals surface area contributed by atoms with E-state index in [9.17, 15) is 0 Å². The molecule has 0 aromatic rings. The molecule has 33 valence electrons. The Morgan fingerprint density at radius 1 is 1.00 bits per heavy atom. The maximum atomic E-state index is 0. The van der Waals surface area contributed by atoms with Gasteiger partial charge < -0.3 is 0 Å². The molecule has 0 aromatic heterocycles. The van der Waals surface area contributed by atoms with E-state index in [-0.39, 0.29) is 73.5 Å². The Morgan fingerprint density at radius 2 is 1.00 bits per heavy atom. The van der Waals surface area contributed by atoms with Crippen molar-refractivity contribution in [2.45, 2.75) is 0 Å². The molecule has 0 aliphatic heterocycles. The van der Waals surface area contributed by atoms with E-state index in [1.54, 1.807) is 0 Å². The first-order chi connectivity index (χ1) is 0. The molecular weight excluding hydrogens is 289 g/mol. The van der Waals surface area contributed by atoms with Crippen molar-refractivity contribution in [2.24, 2.45) is 0 Å². The molecule has 0 N–H and O–H groups in total. The van der Waals surface area contributed by atoms with Crippen LogP contribution >= 0.6 is 13.5 Å². The number of hydrogen-bond acceptors (Lipinski definition) is 0. The van der Waals surface area contributed by atoms with Gasteiger partial charge in [-0.15, -0.1) is 0 Å². The molecule has 0 saturated heterocycles. The second kappa shape index (κ2) is 18.7. The molecule has 0 nitrogen and oxygen atoms in total. The van der Waals surface area contributed by atoms with Crippen LogP contribution in [0, 0.1) is 0 Å². The third kappa shape index (κ3) is 8.86. The molecule has 0 aliphatic rings. The fraction of sp³-hybridized carbons (Fsp3) is 0. The van der Waals surface area contributed by atoms with E-state index in [0.29, 0.717) is 0 Å². The van der Waals surface area contributed by atoms with E-state index < -0.39 is 0 Å². The zero-order valence-electron chi connectivity index (χ0n) is 1.30. The van der Waals surface area contributed by atoms with E-state index in [4.69, 9.17) is 0 Å². The summed E-state index contributed by atoms with van der Waals surface area (Å²) in [6, 6.07) is 0. The van der Waals surface area contributed by atoms with Gasteiger partial charge in [-0.05, 0) is 0 Å². The Kier molecular flexibility index (Phi) is 159. The normalized spacial score (nSPS) is 0. The molecule has 4 heavy (non-hydrogen) atoms. The molecule has 4 heteroatoms. The Balaban J connectivity index is 0. The van der Waals surface area contributed by atoms with Crippen LogP contribution in [0.1, 0.15) is 0 Å². The molecule has 0 amide bonds. The maximum absolute atomic E-state index is 0. The quantitative estimate of drug-likeness (QED) is 0.454. The van der Waals surface area contributed by atoms with E-state index in [1.807, 2.05) is 0 Å². The Morgan fingerprint density at radius 3 is 1.00 bits per heavy atom. The van der Waals surface area contributed by atoms with Crippen LogP contribution < -0.4 is 0 Å². The van der Waals surface area contributed by atoms with Crippen LogP contribution in [-0.4, -0.2) is 42.9 Å². The molecular formula is H7CuInSSe. The number of rotatable bonds is 0. The van der Waals surface area contributed by atoms with Crippen LogP contribution in [0.15, 0.2) is 0 Å². The van der Waals surface area contributed by atoms with Crippen LogP contribution in [0.5, 0.6) is 0 Å². The fourth-order valence-corrected chi connectivity index (χ4v) is 0. The van der Waals surface area contributed by atoms with Crippen molar-refractivity contribution in [1.29, 1.82) is 0 Å². The summed E-state index contributed by atoms with van der Waals surface area (Å²) in [6.45, 7) is 0. The van der Waals surface area contributed by atoms with E-state index in [0.717, 1.165) is 0 Å². The van der Waals surface area contributed by atoms with Gasteiger partial charge in [0.05, 0.1) is 0 Å². The first kappa shape index (κ1) is 33.9. The van der Waals surface area contributed by atoms with Gasteiger partial charge in [-0.2, -0.15) is 13.5 Å². The molecule has 0 fully saturated rings. The van der Waals surface area contributed by atoms with Crippen molar-refractivity contribution in [2.75, 3.05) is 0 Å². The van der Waals surface area contributed by atoms with Gasteiger partial charge in [-0.25, -0.2) is 0 Å². The van der Waals surface area contributed by atoms with Crippen molar-refractivity contribution in [1.82, 2.24) is 0 Å². The van der Waals surface area contributed by atoms with Crippen LogP contribution in [0.4, 0.5) is 0 Å². The van der Waals surface area contributed by atoms with Gasteiger partial charge in [0.2, 0.25) is 0 Å². The standard InChI is InChI=1S/Cu.In.H2S.H2Se.3H/h;;2*1H2;;;. The summed E-state index contributed by atoms with van der Waals surface area (Å²) in [5.74, 6) is 0. The summed E-state index contributed by atoms with van der Waals surface area (Å²) >= 11 is 0. The molecule has 0 aliphatic carbocycles. The molecule has 0 unspecified atom stereocenters. The topological polar surface area (TPSA) is 0 Å². The van der Waals surface area contributed by atoms with Crippen molar-refractivity contribution in [3.63, 3.8) is 0 Å². The molecule has 0 rings (SSSR count). The van der Waals surface area contributed by atoms with Crippen molar-refractivity contribution in [3.8, 4) is 0 Å². The summed E-state index contributed by atoms with van der Waals surface area (Å²) in [5, 5.41) is 0. The third-order valence-corrected chi connectivity index (χ3v) is 0. The number of hydrogen-bond donors (Lipinski definition) is 0. The van der Waals surface area contributed by atoms with Gasteiger partial charge in [0.25, 0.3) is 0 Å². The third-order valence-electron chi connectivity index (χ3n) is 0. The Bertz CT molecular complexity index is 8.00. The van der Waals surface area contributed by atoms with Gasteiger partial charge in [0, 0.05) is 17.1 Å². The molecule has 0 bridgehead atoms. The summed E-state index contributed by atoms with van der Waals surface area (Å²) < 4.78 is 0. The molecule has 0 heterocycles. The Labute approximate surface area is 72.7 Å². The summed E-state index contributed by atoms with van der Waals surface area (Å²) in [6.07, 6.45) is 0. The molecule has 0 aromatic carbocycles. The summed E-state index contributed by atoms with van der Waals surface area (Å²) in [4.78, 5) is 0. The second-order valence-electron chi connectivity index (χ2n) is 0. The first-order valence-electron chi connectivity index (χ1n) is 0. The van der Waals surface area contributed by atoms with E-state index >= 15 is 0 Å². The first-order valence-corrected chi connectivity index (χ1v) is 0. The average Bonchev–Trinajstić information content (AvgIpc) is 0. The fourth-order valence-electron chi connectivity index (χ4n) is 0. The molecule has 0 atom stereocenters. The summed E-state index contributed by atoms with van der Waals surface area (Å²) in [7, 11) is 0. The minimum absolute atomic E-state index is 0. The van der Waals surface area contributed by atoms with Crippen LogP contribution in [0.3, 0.4) is 0 Å². The Hall–Kier alpha value is 2.26. The predicted octanol–water partition coefficient (Wildman–Crippen LogP) is -1.99. The molecule has 0 spiro atoms. The zero-order chi connectivity index (χ0) is 0. The average molecular weight is 296 g/mol. The zero-order valence-corrected chi connectivity index (χ0v) is 5.34. The predicted molar refractivity (Wildman–Crippen MR) is 28.9 cm³/mol. The van der Waals surface area contributed by atoms with Crippen LogP contribution in [-0.2, 0) is 17.1 Å². The van der Waals surface area contributed by atoms with Gasteiger partial charge in [-0.3, -0.25) is 0 Å². The van der Waals surface area contributed by atoms with Crippen molar-refractivity contribution in [3.05, 3.63) is 0 Å². The van der Waals surface area contributed by atoms with E-state index in [2.05, 4.69) is 0 Å². The van der Waals surface area contributed by atoms with Crippen LogP contribution in [0.2, 0.25) is 0 Å². The molecule has 0 saturated carbocycles. The van der Waals surface area contributed by atoms with Crippen molar-refractivity contribution < 1.29 is 17.1 Å². The monoisotopic (exact) mass is 297 g/mol. The van der Waals surface area contributed by atoms with Crippen molar-refractivity contribution >= 4 is 56.4 Å². The van der Waals surface area contributed by atoms with E-state index in [1.165, 1.54) is 0 Å². The van der Waals surface area contributed by atoms with Crippen LogP contribution in [0.25, 0.3) is 0 Å². The minimum atomic E-state index is 0. The molecule has 1 radical (unpaired) electrons. The van der Waals surface area contributed by atoms with Gasteiger partial charge in [0.15, 0.2) is 0 Å². The van der Waals surface area contributed by atoms with Gasteiger partial charge in [0.1, 0.15) is 0 Å². The summed E-state index contributed by atoms with van der Waals surface area (Å²) in [5.41, 5.74) is 0. The van der Waals surface area contributed by atoms with Gasteiger partial charge in [-0.1, -0.05) is 0 Å². The second-order valence-corrected chi connectivity index (χ2v) is 0.